The van der Waals surface area contributed by atoms with Crippen molar-refractivity contribution in [3.8, 4) is 5.75 Å². The number of aliphatic hydroxyl groups excluding tert-OH is 1. The molecule has 0 saturated carbocycles. The van der Waals surface area contributed by atoms with Crippen molar-refractivity contribution >= 4 is 6.03 Å². The highest BCUT2D eigenvalue weighted by Gasteiger charge is 1.97. The Morgan fingerprint density at radius 3 is 2.56 bits per heavy atom. The maximum absolute atomic E-state index is 11.0. The van der Waals surface area contributed by atoms with Gasteiger partial charge in [0, 0.05) is 6.54 Å². The maximum atomic E-state index is 11.0. The van der Waals surface area contributed by atoms with Gasteiger partial charge in [0.15, 0.2) is 0 Å². The summed E-state index contributed by atoms with van der Waals surface area (Å²) < 4.78 is 5.37. The van der Waals surface area contributed by atoms with Crippen LogP contribution in [0.4, 0.5) is 4.79 Å². The largest absolute Gasteiger partial charge is 0.492 e. The molecule has 1 aromatic carbocycles. The van der Waals surface area contributed by atoms with E-state index in [0.717, 1.165) is 5.75 Å². The van der Waals surface area contributed by atoms with Crippen LogP contribution in [0.5, 0.6) is 5.75 Å². The molecule has 5 nitrogen and oxygen atoms in total. The minimum atomic E-state index is -0.300. The Labute approximate surface area is 94.4 Å². The van der Waals surface area contributed by atoms with Gasteiger partial charge in [-0.05, 0) is 12.1 Å². The van der Waals surface area contributed by atoms with Crippen LogP contribution in [0.15, 0.2) is 30.3 Å². The topological polar surface area (TPSA) is 70.6 Å². The van der Waals surface area contributed by atoms with E-state index in [-0.39, 0.29) is 19.2 Å². The van der Waals surface area contributed by atoms with Gasteiger partial charge in [-0.15, -0.1) is 0 Å². The number of rotatable bonds is 6. The van der Waals surface area contributed by atoms with Gasteiger partial charge in [0.25, 0.3) is 0 Å². The number of carbonyl (C=O) groups excluding carboxylic acids is 1. The molecule has 5 heteroatoms. The monoisotopic (exact) mass is 224 g/mol. The number of urea groups is 1. The Kier molecular flexibility index (Phi) is 5.80. The highest BCUT2D eigenvalue weighted by atomic mass is 16.5. The van der Waals surface area contributed by atoms with Gasteiger partial charge < -0.3 is 20.5 Å². The second-order valence-electron chi connectivity index (χ2n) is 3.07. The van der Waals surface area contributed by atoms with Crippen LogP contribution in [0.2, 0.25) is 0 Å². The molecule has 1 rings (SSSR count). The molecule has 0 unspecified atom stereocenters. The van der Waals surface area contributed by atoms with E-state index in [1.165, 1.54) is 0 Å². The highest BCUT2D eigenvalue weighted by molar-refractivity contribution is 5.73. The molecule has 3 N–H and O–H groups in total. The number of nitrogens with one attached hydrogen (secondary N) is 2. The third-order valence-electron chi connectivity index (χ3n) is 1.80. The van der Waals surface area contributed by atoms with Gasteiger partial charge in [-0.25, -0.2) is 4.79 Å². The van der Waals surface area contributed by atoms with Crippen molar-refractivity contribution in [1.29, 1.82) is 0 Å². The number of hydrogen-bond donors (Lipinski definition) is 3. The Bertz CT molecular complexity index is 303. The molecule has 0 atom stereocenters. The van der Waals surface area contributed by atoms with Gasteiger partial charge in [-0.3, -0.25) is 0 Å². The standard InChI is InChI=1S/C11H16N2O3/c14-8-6-12-11(15)13-7-9-16-10-4-2-1-3-5-10/h1-5,14H,6-9H2,(H2,12,13,15). The molecule has 0 bridgehead atoms. The molecule has 0 aromatic heterocycles. The summed E-state index contributed by atoms with van der Waals surface area (Å²) in [6.45, 7) is 1.03. The second-order valence-corrected chi connectivity index (χ2v) is 3.07. The highest BCUT2D eigenvalue weighted by Crippen LogP contribution is 2.07. The lowest BCUT2D eigenvalue weighted by Crippen LogP contribution is -2.38. The summed E-state index contributed by atoms with van der Waals surface area (Å²) in [6, 6.07) is 9.09. The number of amides is 2. The molecule has 16 heavy (non-hydrogen) atoms. The molecule has 2 amide bonds. The maximum Gasteiger partial charge on any atom is 0.314 e. The lowest BCUT2D eigenvalue weighted by Gasteiger charge is -2.08. The number of carbonyl (C=O) groups is 1. The van der Waals surface area contributed by atoms with E-state index < -0.39 is 0 Å². The van der Waals surface area contributed by atoms with Crippen LogP contribution in [0.25, 0.3) is 0 Å². The summed E-state index contributed by atoms with van der Waals surface area (Å²) in [4.78, 5) is 11.0. The molecular weight excluding hydrogens is 208 g/mol. The van der Waals surface area contributed by atoms with E-state index in [1.54, 1.807) is 0 Å². The Hall–Kier alpha value is -1.75. The van der Waals surface area contributed by atoms with E-state index in [2.05, 4.69) is 10.6 Å². The van der Waals surface area contributed by atoms with Crippen LogP contribution < -0.4 is 15.4 Å². The number of ether oxygens (including phenoxy) is 1. The first kappa shape index (κ1) is 12.3. The zero-order valence-corrected chi connectivity index (χ0v) is 8.98. The predicted octanol–water partition coefficient (Wildman–Crippen LogP) is 0.357. The summed E-state index contributed by atoms with van der Waals surface area (Å²) in [6.07, 6.45) is 0. The van der Waals surface area contributed by atoms with Crippen molar-refractivity contribution in [2.24, 2.45) is 0 Å². The fraction of sp³-hybridized carbons (Fsp3) is 0.364. The summed E-state index contributed by atoms with van der Waals surface area (Å²) in [7, 11) is 0. The van der Waals surface area contributed by atoms with Gasteiger partial charge in [0.2, 0.25) is 0 Å². The third-order valence-corrected chi connectivity index (χ3v) is 1.80. The van der Waals surface area contributed by atoms with Gasteiger partial charge in [0.05, 0.1) is 13.2 Å². The molecule has 0 radical (unpaired) electrons. The van der Waals surface area contributed by atoms with Crippen molar-refractivity contribution in [1.82, 2.24) is 10.6 Å². The molecule has 0 heterocycles. The molecule has 0 aliphatic heterocycles. The number of para-hydroxylation sites is 1. The number of aliphatic hydroxyl groups is 1. The smallest absolute Gasteiger partial charge is 0.314 e. The van der Waals surface area contributed by atoms with Crippen molar-refractivity contribution in [2.75, 3.05) is 26.3 Å². The molecule has 0 aliphatic carbocycles. The Morgan fingerprint density at radius 1 is 1.19 bits per heavy atom. The molecule has 0 saturated heterocycles. The molecule has 0 spiro atoms. The van der Waals surface area contributed by atoms with Crippen LogP contribution in [-0.2, 0) is 0 Å². The first-order valence-electron chi connectivity index (χ1n) is 5.13. The molecule has 1 aromatic rings. The van der Waals surface area contributed by atoms with Gasteiger partial charge in [0.1, 0.15) is 12.4 Å². The molecular formula is C11H16N2O3. The first-order chi connectivity index (χ1) is 7.83. The fourth-order valence-electron chi connectivity index (χ4n) is 1.08. The lowest BCUT2D eigenvalue weighted by atomic mass is 10.3. The average molecular weight is 224 g/mol. The van der Waals surface area contributed by atoms with E-state index in [1.807, 2.05) is 30.3 Å². The van der Waals surface area contributed by atoms with Crippen LogP contribution in [0.1, 0.15) is 0 Å². The van der Waals surface area contributed by atoms with Gasteiger partial charge in [-0.1, -0.05) is 18.2 Å². The Balaban J connectivity index is 2.06. The minimum Gasteiger partial charge on any atom is -0.492 e. The summed E-state index contributed by atoms with van der Waals surface area (Å²) in [5, 5.41) is 13.5. The normalized spacial score (nSPS) is 9.56. The summed E-state index contributed by atoms with van der Waals surface area (Å²) in [5.74, 6) is 0.778. The molecule has 0 aliphatic rings. The van der Waals surface area contributed by atoms with Crippen molar-refractivity contribution in [3.63, 3.8) is 0 Å². The lowest BCUT2D eigenvalue weighted by molar-refractivity contribution is 0.230. The summed E-state index contributed by atoms with van der Waals surface area (Å²) >= 11 is 0. The van der Waals surface area contributed by atoms with Crippen LogP contribution in [0, 0.1) is 0 Å². The van der Waals surface area contributed by atoms with Crippen LogP contribution in [-0.4, -0.2) is 37.4 Å². The average Bonchev–Trinajstić information content (AvgIpc) is 2.33. The Morgan fingerprint density at radius 2 is 1.88 bits per heavy atom. The molecule has 88 valence electrons. The first-order valence-corrected chi connectivity index (χ1v) is 5.13. The molecule has 0 fully saturated rings. The zero-order valence-electron chi connectivity index (χ0n) is 8.98. The van der Waals surface area contributed by atoms with Crippen molar-refractivity contribution in [2.45, 2.75) is 0 Å². The van der Waals surface area contributed by atoms with Gasteiger partial charge in [-0.2, -0.15) is 0 Å². The van der Waals surface area contributed by atoms with E-state index >= 15 is 0 Å². The fourth-order valence-corrected chi connectivity index (χ4v) is 1.08. The van der Waals surface area contributed by atoms with E-state index in [9.17, 15) is 4.79 Å². The number of hydrogen-bond acceptors (Lipinski definition) is 3. The number of benzene rings is 1. The SMILES string of the molecule is O=C(NCCO)NCCOc1ccccc1. The zero-order chi connectivity index (χ0) is 11.6. The van der Waals surface area contributed by atoms with Gasteiger partial charge >= 0.3 is 6.03 Å². The minimum absolute atomic E-state index is 0.0616. The van der Waals surface area contributed by atoms with Crippen LogP contribution >= 0.6 is 0 Å². The van der Waals surface area contributed by atoms with Crippen LogP contribution in [0.3, 0.4) is 0 Å². The van der Waals surface area contributed by atoms with Crippen molar-refractivity contribution in [3.05, 3.63) is 30.3 Å². The van der Waals surface area contributed by atoms with E-state index in [0.29, 0.717) is 13.2 Å². The summed E-state index contributed by atoms with van der Waals surface area (Å²) in [5.41, 5.74) is 0. The quantitative estimate of drug-likeness (QED) is 0.611. The predicted molar refractivity (Wildman–Crippen MR) is 60.4 cm³/mol. The van der Waals surface area contributed by atoms with Crippen molar-refractivity contribution < 1.29 is 14.6 Å². The third kappa shape index (κ3) is 5.21. The second kappa shape index (κ2) is 7.53. The van der Waals surface area contributed by atoms with E-state index in [4.69, 9.17) is 9.84 Å².